The average molecular weight is 245 g/mol. The predicted molar refractivity (Wildman–Crippen MR) is 76.8 cm³/mol. The van der Waals surface area contributed by atoms with Gasteiger partial charge in [0.2, 0.25) is 0 Å². The van der Waals surface area contributed by atoms with Gasteiger partial charge in [0.1, 0.15) is 5.69 Å². The van der Waals surface area contributed by atoms with Crippen molar-refractivity contribution < 1.29 is 0 Å². The first kappa shape index (κ1) is 10.3. The van der Waals surface area contributed by atoms with E-state index in [4.69, 9.17) is 4.98 Å². The quantitative estimate of drug-likeness (QED) is 0.554. The summed E-state index contributed by atoms with van der Waals surface area (Å²) in [6.07, 6.45) is 3.74. The van der Waals surface area contributed by atoms with Crippen molar-refractivity contribution in [3.63, 3.8) is 0 Å². The number of fused-ring (bicyclic) bond motifs is 3. The summed E-state index contributed by atoms with van der Waals surface area (Å²) in [5, 5.41) is 2.35. The maximum atomic E-state index is 4.75. The van der Waals surface area contributed by atoms with Crippen LogP contribution in [-0.4, -0.2) is 15.0 Å². The monoisotopic (exact) mass is 245 g/mol. The smallest absolute Gasteiger partial charge is 0.113 e. The normalized spacial score (nSPS) is 11.2. The number of benzene rings is 1. The minimum Gasteiger partial charge on any atom is -0.359 e. The van der Waals surface area contributed by atoms with E-state index in [1.807, 2.05) is 42.6 Å². The van der Waals surface area contributed by atoms with Gasteiger partial charge >= 0.3 is 0 Å². The van der Waals surface area contributed by atoms with E-state index in [1.54, 1.807) is 6.20 Å². The number of para-hydroxylation sites is 1. The SMILES string of the molecule is c1ccc(-c2nc3ccccc3c3cc[nH]c23)nc1. The Morgan fingerprint density at radius 1 is 0.842 bits per heavy atom. The zero-order valence-corrected chi connectivity index (χ0v) is 10.2. The number of aromatic amines is 1. The number of nitrogens with zero attached hydrogens (tertiary/aromatic N) is 2. The molecule has 19 heavy (non-hydrogen) atoms. The Balaban J connectivity index is 2.17. The van der Waals surface area contributed by atoms with E-state index in [0.717, 1.165) is 22.4 Å². The summed E-state index contributed by atoms with van der Waals surface area (Å²) in [4.78, 5) is 12.4. The summed E-state index contributed by atoms with van der Waals surface area (Å²) in [5.41, 5.74) is 3.83. The van der Waals surface area contributed by atoms with Gasteiger partial charge in [-0.25, -0.2) is 4.98 Å². The summed E-state index contributed by atoms with van der Waals surface area (Å²) >= 11 is 0. The summed E-state index contributed by atoms with van der Waals surface area (Å²) in [6, 6.07) is 16.1. The van der Waals surface area contributed by atoms with Crippen LogP contribution in [0.5, 0.6) is 0 Å². The third-order valence-corrected chi connectivity index (χ3v) is 3.32. The van der Waals surface area contributed by atoms with E-state index in [-0.39, 0.29) is 0 Å². The van der Waals surface area contributed by atoms with E-state index >= 15 is 0 Å². The first-order chi connectivity index (χ1) is 9.43. The van der Waals surface area contributed by atoms with Gasteiger partial charge in [-0.2, -0.15) is 0 Å². The highest BCUT2D eigenvalue weighted by molar-refractivity contribution is 6.09. The highest BCUT2D eigenvalue weighted by Gasteiger charge is 2.11. The molecule has 0 bridgehead atoms. The molecule has 0 radical (unpaired) electrons. The molecule has 3 heterocycles. The lowest BCUT2D eigenvalue weighted by molar-refractivity contribution is 1.28. The molecule has 1 N–H and O–H groups in total. The lowest BCUT2D eigenvalue weighted by atomic mass is 10.1. The Bertz CT molecular complexity index is 863. The van der Waals surface area contributed by atoms with Gasteiger partial charge in [-0.1, -0.05) is 24.3 Å². The maximum Gasteiger partial charge on any atom is 0.113 e. The number of hydrogen-bond acceptors (Lipinski definition) is 2. The fourth-order valence-corrected chi connectivity index (χ4v) is 2.45. The van der Waals surface area contributed by atoms with Crippen LogP contribution in [-0.2, 0) is 0 Å². The summed E-state index contributed by atoms with van der Waals surface area (Å²) < 4.78 is 0. The fourth-order valence-electron chi connectivity index (χ4n) is 2.45. The third-order valence-electron chi connectivity index (χ3n) is 3.32. The molecule has 0 spiro atoms. The number of H-pyrrole nitrogens is 1. The minimum absolute atomic E-state index is 0.890. The molecule has 0 aliphatic carbocycles. The topological polar surface area (TPSA) is 41.6 Å². The van der Waals surface area contributed by atoms with Crippen molar-refractivity contribution in [3.8, 4) is 11.4 Å². The van der Waals surface area contributed by atoms with Gasteiger partial charge in [-0.15, -0.1) is 0 Å². The van der Waals surface area contributed by atoms with Crippen molar-refractivity contribution in [1.82, 2.24) is 15.0 Å². The molecule has 4 aromatic rings. The van der Waals surface area contributed by atoms with Crippen LogP contribution in [0.2, 0.25) is 0 Å². The Morgan fingerprint density at radius 3 is 2.63 bits per heavy atom. The van der Waals surface area contributed by atoms with Crippen molar-refractivity contribution in [1.29, 1.82) is 0 Å². The molecule has 0 amide bonds. The lowest BCUT2D eigenvalue weighted by Crippen LogP contribution is -1.90. The number of hydrogen-bond donors (Lipinski definition) is 1. The molecule has 0 aliphatic heterocycles. The number of aromatic nitrogens is 3. The molecule has 0 saturated heterocycles. The van der Waals surface area contributed by atoms with Crippen LogP contribution in [0.25, 0.3) is 33.2 Å². The van der Waals surface area contributed by atoms with Crippen LogP contribution in [0.4, 0.5) is 0 Å². The zero-order chi connectivity index (χ0) is 12.7. The van der Waals surface area contributed by atoms with Gasteiger partial charge in [0, 0.05) is 23.2 Å². The molecule has 4 rings (SSSR count). The van der Waals surface area contributed by atoms with Crippen LogP contribution >= 0.6 is 0 Å². The van der Waals surface area contributed by atoms with E-state index in [9.17, 15) is 0 Å². The van der Waals surface area contributed by atoms with Crippen LogP contribution in [0.3, 0.4) is 0 Å². The molecule has 0 fully saturated rings. The molecule has 1 aromatic carbocycles. The van der Waals surface area contributed by atoms with Gasteiger partial charge in [0.05, 0.1) is 16.7 Å². The van der Waals surface area contributed by atoms with Crippen molar-refractivity contribution in [2.45, 2.75) is 0 Å². The first-order valence-corrected chi connectivity index (χ1v) is 6.21. The third kappa shape index (κ3) is 1.52. The molecular weight excluding hydrogens is 234 g/mol. The lowest BCUT2D eigenvalue weighted by Gasteiger charge is -2.05. The molecule has 3 aromatic heterocycles. The van der Waals surface area contributed by atoms with Crippen LogP contribution in [0.15, 0.2) is 60.9 Å². The fraction of sp³-hybridized carbons (Fsp3) is 0. The van der Waals surface area contributed by atoms with Gasteiger partial charge in [-0.3, -0.25) is 4.98 Å². The largest absolute Gasteiger partial charge is 0.359 e. The van der Waals surface area contributed by atoms with E-state index < -0.39 is 0 Å². The van der Waals surface area contributed by atoms with Gasteiger partial charge in [0.25, 0.3) is 0 Å². The zero-order valence-electron chi connectivity index (χ0n) is 10.2. The van der Waals surface area contributed by atoms with Gasteiger partial charge < -0.3 is 4.98 Å². The van der Waals surface area contributed by atoms with Crippen molar-refractivity contribution >= 4 is 21.8 Å². The van der Waals surface area contributed by atoms with E-state index in [0.29, 0.717) is 0 Å². The Kier molecular flexibility index (Phi) is 2.12. The molecular formula is C16H11N3. The number of nitrogens with one attached hydrogen (secondary N) is 1. The van der Waals surface area contributed by atoms with Gasteiger partial charge in [-0.05, 0) is 24.3 Å². The number of rotatable bonds is 1. The van der Waals surface area contributed by atoms with E-state index in [2.05, 4.69) is 22.1 Å². The predicted octanol–water partition coefficient (Wildman–Crippen LogP) is 3.78. The molecule has 3 nitrogen and oxygen atoms in total. The minimum atomic E-state index is 0.890. The summed E-state index contributed by atoms with van der Waals surface area (Å²) in [5.74, 6) is 0. The Morgan fingerprint density at radius 2 is 1.74 bits per heavy atom. The number of pyridine rings is 2. The van der Waals surface area contributed by atoms with Crippen molar-refractivity contribution in [2.75, 3.05) is 0 Å². The second-order valence-corrected chi connectivity index (χ2v) is 4.46. The molecule has 3 heteroatoms. The highest BCUT2D eigenvalue weighted by atomic mass is 14.8. The Hall–Kier alpha value is -2.68. The van der Waals surface area contributed by atoms with Gasteiger partial charge in [0.15, 0.2) is 0 Å². The molecule has 0 saturated carbocycles. The average Bonchev–Trinajstić information content (AvgIpc) is 2.97. The van der Waals surface area contributed by atoms with Crippen LogP contribution in [0.1, 0.15) is 0 Å². The molecule has 0 unspecified atom stereocenters. The molecule has 0 atom stereocenters. The standard InChI is InChI=1S/C16H11N3/c1-2-6-13-11(5-1)12-8-10-18-15(12)16(19-13)14-7-3-4-9-17-14/h1-10,18H. The van der Waals surface area contributed by atoms with Crippen LogP contribution in [0, 0.1) is 0 Å². The Labute approximate surface area is 110 Å². The molecule has 0 aliphatic rings. The second kappa shape index (κ2) is 3.92. The first-order valence-electron chi connectivity index (χ1n) is 6.21. The molecule has 90 valence electrons. The van der Waals surface area contributed by atoms with Crippen LogP contribution < -0.4 is 0 Å². The van der Waals surface area contributed by atoms with Crippen molar-refractivity contribution in [2.24, 2.45) is 0 Å². The summed E-state index contributed by atoms with van der Waals surface area (Å²) in [6.45, 7) is 0. The summed E-state index contributed by atoms with van der Waals surface area (Å²) in [7, 11) is 0. The highest BCUT2D eigenvalue weighted by Crippen LogP contribution is 2.30. The maximum absolute atomic E-state index is 4.75. The second-order valence-electron chi connectivity index (χ2n) is 4.46. The van der Waals surface area contributed by atoms with E-state index in [1.165, 1.54) is 10.8 Å². The van der Waals surface area contributed by atoms with Crippen molar-refractivity contribution in [3.05, 3.63) is 60.9 Å².